The molecule has 1 heterocycles. The fourth-order valence-corrected chi connectivity index (χ4v) is 2.92. The van der Waals surface area contributed by atoms with Crippen LogP contribution in [0.5, 0.6) is 0 Å². The van der Waals surface area contributed by atoms with E-state index in [9.17, 15) is 5.11 Å². The first-order chi connectivity index (χ1) is 8.58. The van der Waals surface area contributed by atoms with E-state index in [1.54, 1.807) is 31.3 Å². The SMILES string of the molecule is CC(O)c1ccc(Sc2ncccc2Cl)cc1Cl. The third kappa shape index (κ3) is 3.18. The summed E-state index contributed by atoms with van der Waals surface area (Å²) < 4.78 is 0. The number of hydrogen-bond acceptors (Lipinski definition) is 3. The average molecular weight is 300 g/mol. The van der Waals surface area contributed by atoms with Gasteiger partial charge in [0.05, 0.1) is 11.1 Å². The normalized spacial score (nSPS) is 12.4. The molecule has 5 heteroatoms. The van der Waals surface area contributed by atoms with E-state index >= 15 is 0 Å². The van der Waals surface area contributed by atoms with E-state index in [1.807, 2.05) is 12.1 Å². The first-order valence-corrected chi connectivity index (χ1v) is 6.91. The molecule has 18 heavy (non-hydrogen) atoms. The Morgan fingerprint density at radius 2 is 2.00 bits per heavy atom. The minimum atomic E-state index is -0.574. The van der Waals surface area contributed by atoms with E-state index in [4.69, 9.17) is 23.2 Å². The lowest BCUT2D eigenvalue weighted by Crippen LogP contribution is -1.92. The highest BCUT2D eigenvalue weighted by Crippen LogP contribution is 2.34. The van der Waals surface area contributed by atoms with Gasteiger partial charge >= 0.3 is 0 Å². The van der Waals surface area contributed by atoms with Gasteiger partial charge in [0.1, 0.15) is 5.03 Å². The van der Waals surface area contributed by atoms with E-state index in [0.717, 1.165) is 9.92 Å². The molecule has 0 saturated heterocycles. The lowest BCUT2D eigenvalue weighted by atomic mass is 10.1. The maximum Gasteiger partial charge on any atom is 0.119 e. The summed E-state index contributed by atoms with van der Waals surface area (Å²) in [6.45, 7) is 1.68. The number of aromatic nitrogens is 1. The van der Waals surface area contributed by atoms with Gasteiger partial charge in [-0.05, 0) is 36.8 Å². The number of nitrogens with zero attached hydrogens (tertiary/aromatic N) is 1. The number of rotatable bonds is 3. The summed E-state index contributed by atoms with van der Waals surface area (Å²) in [5, 5.41) is 11.4. The Hall–Kier alpha value is -0.740. The molecule has 0 radical (unpaired) electrons. The van der Waals surface area contributed by atoms with E-state index in [1.165, 1.54) is 11.8 Å². The van der Waals surface area contributed by atoms with Crippen LogP contribution in [0.2, 0.25) is 10.0 Å². The summed E-state index contributed by atoms with van der Waals surface area (Å²) >= 11 is 13.6. The maximum absolute atomic E-state index is 9.50. The third-order valence-electron chi connectivity index (χ3n) is 2.36. The minimum absolute atomic E-state index is 0.544. The first kappa shape index (κ1) is 13.7. The topological polar surface area (TPSA) is 33.1 Å². The second-order valence-electron chi connectivity index (χ2n) is 3.75. The van der Waals surface area contributed by atoms with Gasteiger partial charge in [-0.2, -0.15) is 0 Å². The van der Waals surface area contributed by atoms with Crippen molar-refractivity contribution < 1.29 is 5.11 Å². The van der Waals surface area contributed by atoms with Gasteiger partial charge < -0.3 is 5.11 Å². The first-order valence-electron chi connectivity index (χ1n) is 5.34. The second-order valence-corrected chi connectivity index (χ2v) is 5.63. The standard InChI is InChI=1S/C13H11Cl2NOS/c1-8(17)10-5-4-9(7-12(10)15)18-13-11(14)3-2-6-16-13/h2-8,17H,1H3. The van der Waals surface area contributed by atoms with Gasteiger partial charge in [-0.15, -0.1) is 0 Å². The number of halogens is 2. The molecule has 0 fully saturated rings. The molecular formula is C13H11Cl2NOS. The zero-order valence-corrected chi connectivity index (χ0v) is 11.9. The van der Waals surface area contributed by atoms with Crippen LogP contribution >= 0.6 is 35.0 Å². The highest BCUT2D eigenvalue weighted by Gasteiger charge is 2.09. The van der Waals surface area contributed by atoms with Crippen LogP contribution in [0.25, 0.3) is 0 Å². The molecule has 2 aromatic rings. The van der Waals surface area contributed by atoms with Crippen molar-refractivity contribution in [3.8, 4) is 0 Å². The summed E-state index contributed by atoms with van der Waals surface area (Å²) in [6.07, 6.45) is 1.12. The number of hydrogen-bond donors (Lipinski definition) is 1. The summed E-state index contributed by atoms with van der Waals surface area (Å²) in [5.41, 5.74) is 0.716. The molecule has 94 valence electrons. The summed E-state index contributed by atoms with van der Waals surface area (Å²) in [4.78, 5) is 5.13. The summed E-state index contributed by atoms with van der Waals surface area (Å²) in [6, 6.07) is 9.09. The van der Waals surface area contributed by atoms with Crippen LogP contribution < -0.4 is 0 Å². The van der Waals surface area contributed by atoms with E-state index in [-0.39, 0.29) is 0 Å². The Bertz CT molecular complexity index is 560. The molecule has 1 aromatic carbocycles. The monoisotopic (exact) mass is 299 g/mol. The van der Waals surface area contributed by atoms with Crippen LogP contribution in [-0.4, -0.2) is 10.1 Å². The van der Waals surface area contributed by atoms with Crippen molar-refractivity contribution in [3.05, 3.63) is 52.1 Å². The van der Waals surface area contributed by atoms with Gasteiger partial charge in [0.25, 0.3) is 0 Å². The molecule has 0 aliphatic carbocycles. The van der Waals surface area contributed by atoms with Crippen LogP contribution in [-0.2, 0) is 0 Å². The van der Waals surface area contributed by atoms with E-state index in [0.29, 0.717) is 15.6 Å². The van der Waals surface area contributed by atoms with Crippen molar-refractivity contribution in [3.63, 3.8) is 0 Å². The molecule has 0 saturated carbocycles. The van der Waals surface area contributed by atoms with Crippen molar-refractivity contribution >= 4 is 35.0 Å². The number of pyridine rings is 1. The summed E-state index contributed by atoms with van der Waals surface area (Å²) in [5.74, 6) is 0. The van der Waals surface area contributed by atoms with Crippen molar-refractivity contribution in [1.29, 1.82) is 0 Å². The second kappa shape index (κ2) is 5.93. The Kier molecular flexibility index (Phi) is 4.51. The van der Waals surface area contributed by atoms with Crippen LogP contribution in [0, 0.1) is 0 Å². The van der Waals surface area contributed by atoms with Gasteiger partial charge in [0.15, 0.2) is 0 Å². The molecule has 0 amide bonds. The molecule has 2 rings (SSSR count). The Balaban J connectivity index is 2.26. The fourth-order valence-electron chi connectivity index (χ4n) is 1.47. The minimum Gasteiger partial charge on any atom is -0.389 e. The predicted octanol–water partition coefficient (Wildman–Crippen LogP) is 4.59. The van der Waals surface area contributed by atoms with Crippen molar-refractivity contribution in [2.45, 2.75) is 22.9 Å². The lowest BCUT2D eigenvalue weighted by molar-refractivity contribution is 0.199. The quantitative estimate of drug-likeness (QED) is 0.899. The fraction of sp³-hybridized carbons (Fsp3) is 0.154. The van der Waals surface area contributed by atoms with Crippen LogP contribution in [0.3, 0.4) is 0 Å². The van der Waals surface area contributed by atoms with Gasteiger partial charge in [0, 0.05) is 16.1 Å². The molecule has 0 spiro atoms. The molecule has 1 unspecified atom stereocenters. The average Bonchev–Trinajstić information content (AvgIpc) is 2.32. The van der Waals surface area contributed by atoms with Crippen molar-refractivity contribution in [2.24, 2.45) is 0 Å². The maximum atomic E-state index is 9.50. The molecular weight excluding hydrogens is 289 g/mol. The zero-order chi connectivity index (χ0) is 13.1. The van der Waals surface area contributed by atoms with Crippen LogP contribution in [0.15, 0.2) is 46.5 Å². The number of aliphatic hydroxyl groups excluding tert-OH is 1. The van der Waals surface area contributed by atoms with Crippen molar-refractivity contribution in [2.75, 3.05) is 0 Å². The van der Waals surface area contributed by atoms with Crippen molar-refractivity contribution in [1.82, 2.24) is 4.98 Å². The zero-order valence-electron chi connectivity index (χ0n) is 9.60. The Morgan fingerprint density at radius 1 is 1.22 bits per heavy atom. The third-order valence-corrected chi connectivity index (χ3v) is 4.11. The molecule has 1 N–H and O–H groups in total. The van der Waals surface area contributed by atoms with E-state index in [2.05, 4.69) is 4.98 Å². The van der Waals surface area contributed by atoms with Gasteiger partial charge in [-0.3, -0.25) is 0 Å². The number of aliphatic hydroxyl groups is 1. The van der Waals surface area contributed by atoms with Gasteiger partial charge in [0.2, 0.25) is 0 Å². The molecule has 2 nitrogen and oxygen atoms in total. The summed E-state index contributed by atoms with van der Waals surface area (Å²) in [7, 11) is 0. The van der Waals surface area contributed by atoms with Crippen LogP contribution in [0.4, 0.5) is 0 Å². The lowest BCUT2D eigenvalue weighted by Gasteiger charge is -2.09. The van der Waals surface area contributed by atoms with Crippen LogP contribution in [0.1, 0.15) is 18.6 Å². The Labute approximate surface area is 120 Å². The molecule has 0 aliphatic heterocycles. The molecule has 0 aliphatic rings. The Morgan fingerprint density at radius 3 is 2.61 bits per heavy atom. The smallest absolute Gasteiger partial charge is 0.119 e. The highest BCUT2D eigenvalue weighted by atomic mass is 35.5. The molecule has 1 atom stereocenters. The number of benzene rings is 1. The highest BCUT2D eigenvalue weighted by molar-refractivity contribution is 7.99. The molecule has 1 aromatic heterocycles. The van der Waals surface area contributed by atoms with Gasteiger partial charge in [-0.25, -0.2) is 4.98 Å². The largest absolute Gasteiger partial charge is 0.389 e. The predicted molar refractivity (Wildman–Crippen MR) is 75.5 cm³/mol. The van der Waals surface area contributed by atoms with Gasteiger partial charge in [-0.1, -0.05) is 41.0 Å². The molecule has 0 bridgehead atoms. The van der Waals surface area contributed by atoms with E-state index < -0.39 is 6.10 Å².